The molecule has 2 heterocycles. The zero-order valence-electron chi connectivity index (χ0n) is 14.9. The van der Waals surface area contributed by atoms with Crippen LogP contribution in [0.1, 0.15) is 25.5 Å². The number of para-hydroxylation sites is 1. The zero-order valence-corrected chi connectivity index (χ0v) is 16.5. The van der Waals surface area contributed by atoms with Crippen molar-refractivity contribution in [2.75, 3.05) is 11.5 Å². The first-order valence-electron chi connectivity index (χ1n) is 8.76. The summed E-state index contributed by atoms with van der Waals surface area (Å²) in [4.78, 5) is 14.7. The van der Waals surface area contributed by atoms with Crippen molar-refractivity contribution in [3.8, 4) is 5.75 Å². The lowest BCUT2D eigenvalue weighted by atomic mass is 9.79. The van der Waals surface area contributed by atoms with Gasteiger partial charge in [-0.15, -0.1) is 0 Å². The molecule has 2 aromatic rings. The second-order valence-electron chi connectivity index (χ2n) is 6.67. The van der Waals surface area contributed by atoms with E-state index < -0.39 is 11.6 Å². The first kappa shape index (κ1) is 18.1. The Balaban J connectivity index is 1.89. The summed E-state index contributed by atoms with van der Waals surface area (Å²) in [6.07, 6.45) is 0. The predicted octanol–water partition coefficient (Wildman–Crippen LogP) is 4.06. The van der Waals surface area contributed by atoms with Crippen molar-refractivity contribution in [3.05, 3.63) is 59.1 Å². The summed E-state index contributed by atoms with van der Waals surface area (Å²) in [5.41, 5.74) is 0.578. The highest BCUT2D eigenvalue weighted by atomic mass is 35.5. The molecule has 2 bridgehead atoms. The number of anilines is 1. The number of benzene rings is 2. The molecule has 1 fully saturated rings. The zero-order chi connectivity index (χ0) is 19.2. The number of hydrogen-bond donors (Lipinski definition) is 1. The van der Waals surface area contributed by atoms with E-state index in [1.54, 1.807) is 19.1 Å². The fraction of sp³-hybridized carbons (Fsp3) is 0.300. The molecule has 140 valence electrons. The molecule has 0 amide bonds. The van der Waals surface area contributed by atoms with E-state index in [0.29, 0.717) is 22.5 Å². The highest BCUT2D eigenvalue weighted by molar-refractivity contribution is 7.80. The molecule has 7 heteroatoms. The molecular formula is C20H19ClN2O3S. The predicted molar refractivity (Wildman–Crippen MR) is 108 cm³/mol. The SMILES string of the molecule is CCOC(=O)[C@H]1[C@@H]2NC(=S)N(c3cccc(Cl)c3)[C@@]1(C)Oc1ccccc12. The topological polar surface area (TPSA) is 50.8 Å². The lowest BCUT2D eigenvalue weighted by molar-refractivity contribution is -0.159. The van der Waals surface area contributed by atoms with Gasteiger partial charge >= 0.3 is 5.97 Å². The summed E-state index contributed by atoms with van der Waals surface area (Å²) in [5, 5.41) is 4.37. The molecule has 0 radical (unpaired) electrons. The second kappa shape index (κ2) is 6.69. The van der Waals surface area contributed by atoms with E-state index >= 15 is 0 Å². The molecule has 27 heavy (non-hydrogen) atoms. The number of hydrogen-bond acceptors (Lipinski definition) is 4. The number of esters is 1. The molecule has 2 aliphatic rings. The van der Waals surface area contributed by atoms with Gasteiger partial charge in [-0.1, -0.05) is 35.9 Å². The summed E-state index contributed by atoms with van der Waals surface area (Å²) in [6, 6.07) is 14.6. The molecule has 4 rings (SSSR count). The van der Waals surface area contributed by atoms with Crippen LogP contribution in [0.5, 0.6) is 5.75 Å². The maximum absolute atomic E-state index is 12.9. The minimum absolute atomic E-state index is 0.293. The molecule has 0 spiro atoms. The van der Waals surface area contributed by atoms with Crippen LogP contribution in [0.2, 0.25) is 5.02 Å². The highest BCUT2D eigenvalue weighted by Gasteiger charge is 2.59. The van der Waals surface area contributed by atoms with Crippen molar-refractivity contribution < 1.29 is 14.3 Å². The van der Waals surface area contributed by atoms with Gasteiger partial charge in [0.15, 0.2) is 5.11 Å². The Morgan fingerprint density at radius 2 is 2.11 bits per heavy atom. The lowest BCUT2D eigenvalue weighted by Gasteiger charge is -2.55. The number of rotatable bonds is 3. The minimum Gasteiger partial charge on any atom is -0.466 e. The number of nitrogens with zero attached hydrogens (tertiary/aromatic N) is 1. The average Bonchev–Trinajstić information content (AvgIpc) is 2.61. The molecule has 5 nitrogen and oxygen atoms in total. The van der Waals surface area contributed by atoms with Gasteiger partial charge in [0.05, 0.1) is 12.6 Å². The molecule has 1 N–H and O–H groups in total. The molecule has 1 saturated heterocycles. The van der Waals surface area contributed by atoms with Crippen LogP contribution in [-0.4, -0.2) is 23.4 Å². The first-order chi connectivity index (χ1) is 13.0. The first-order valence-corrected chi connectivity index (χ1v) is 9.55. The Labute approximate surface area is 168 Å². The molecule has 0 aromatic heterocycles. The van der Waals surface area contributed by atoms with E-state index in [1.807, 2.05) is 48.2 Å². The number of thiocarbonyl (C=S) groups is 1. The molecular weight excluding hydrogens is 384 g/mol. The van der Waals surface area contributed by atoms with E-state index in [9.17, 15) is 4.79 Å². The van der Waals surface area contributed by atoms with Crippen molar-refractivity contribution in [1.29, 1.82) is 0 Å². The quantitative estimate of drug-likeness (QED) is 0.617. The van der Waals surface area contributed by atoms with Crippen LogP contribution in [0, 0.1) is 5.92 Å². The van der Waals surface area contributed by atoms with E-state index in [4.69, 9.17) is 33.3 Å². The molecule has 3 atom stereocenters. The number of ether oxygens (including phenoxy) is 2. The van der Waals surface area contributed by atoms with Gasteiger partial charge in [-0.05, 0) is 50.3 Å². The molecule has 0 saturated carbocycles. The number of fused-ring (bicyclic) bond motifs is 4. The Bertz CT molecular complexity index is 922. The van der Waals surface area contributed by atoms with Gasteiger partial charge in [-0.25, -0.2) is 0 Å². The molecule has 0 aliphatic carbocycles. The standard InChI is InChI=1S/C20H19ClN2O3S/c1-3-25-18(24)16-17-14-9-4-5-10-15(14)26-20(16,2)23(19(27)22-17)13-8-6-7-12(21)11-13/h4-11,16-17H,3H2,1-2H3,(H,22,27)/t16-,17-,20+/m1/s1. The van der Waals surface area contributed by atoms with Crippen molar-refractivity contribution in [1.82, 2.24) is 5.32 Å². The number of halogens is 1. The van der Waals surface area contributed by atoms with Crippen LogP contribution in [0.3, 0.4) is 0 Å². The van der Waals surface area contributed by atoms with Gasteiger partial charge in [0, 0.05) is 16.3 Å². The summed E-state index contributed by atoms with van der Waals surface area (Å²) in [6.45, 7) is 3.95. The molecule has 0 unspecified atom stereocenters. The smallest absolute Gasteiger partial charge is 0.317 e. The van der Waals surface area contributed by atoms with Crippen molar-refractivity contribution in [2.24, 2.45) is 5.92 Å². The van der Waals surface area contributed by atoms with E-state index in [2.05, 4.69) is 5.32 Å². The van der Waals surface area contributed by atoms with E-state index in [-0.39, 0.29) is 12.0 Å². The van der Waals surface area contributed by atoms with E-state index in [0.717, 1.165) is 11.3 Å². The summed E-state index contributed by atoms with van der Waals surface area (Å²) in [5.74, 6) is -0.230. The monoisotopic (exact) mass is 402 g/mol. The highest BCUT2D eigenvalue weighted by Crippen LogP contribution is 2.49. The van der Waals surface area contributed by atoms with Gasteiger partial charge in [0.2, 0.25) is 5.72 Å². The normalized spacial score (nSPS) is 25.9. The van der Waals surface area contributed by atoms with Crippen LogP contribution in [0.25, 0.3) is 0 Å². The van der Waals surface area contributed by atoms with Gasteiger partial charge in [-0.2, -0.15) is 0 Å². The number of nitrogens with one attached hydrogen (secondary N) is 1. The average molecular weight is 403 g/mol. The van der Waals surface area contributed by atoms with Crippen LogP contribution >= 0.6 is 23.8 Å². The third-order valence-corrected chi connectivity index (χ3v) is 5.55. The maximum atomic E-state index is 12.9. The molecule has 2 aliphatic heterocycles. The third kappa shape index (κ3) is 2.84. The van der Waals surface area contributed by atoms with Gasteiger partial charge in [0.25, 0.3) is 0 Å². The van der Waals surface area contributed by atoms with Crippen LogP contribution < -0.4 is 15.0 Å². The molecule has 2 aromatic carbocycles. The van der Waals surface area contributed by atoms with E-state index in [1.165, 1.54) is 0 Å². The number of carbonyl (C=O) groups is 1. The fourth-order valence-electron chi connectivity index (χ4n) is 3.93. The second-order valence-corrected chi connectivity index (χ2v) is 7.49. The Kier molecular flexibility index (Phi) is 4.48. The Morgan fingerprint density at radius 1 is 1.33 bits per heavy atom. The van der Waals surface area contributed by atoms with Crippen LogP contribution in [0.15, 0.2) is 48.5 Å². The summed E-state index contributed by atoms with van der Waals surface area (Å²) in [7, 11) is 0. The largest absolute Gasteiger partial charge is 0.466 e. The van der Waals surface area contributed by atoms with Gasteiger partial charge in [0.1, 0.15) is 11.7 Å². The summed E-state index contributed by atoms with van der Waals surface area (Å²) >= 11 is 11.8. The van der Waals surface area contributed by atoms with Crippen molar-refractivity contribution >= 4 is 40.6 Å². The van der Waals surface area contributed by atoms with Gasteiger partial charge in [-0.3, -0.25) is 9.69 Å². The maximum Gasteiger partial charge on any atom is 0.317 e. The third-order valence-electron chi connectivity index (χ3n) is 5.01. The van der Waals surface area contributed by atoms with Crippen molar-refractivity contribution in [3.63, 3.8) is 0 Å². The summed E-state index contributed by atoms with van der Waals surface area (Å²) < 4.78 is 11.8. The fourth-order valence-corrected chi connectivity index (χ4v) is 4.52. The Hall–Kier alpha value is -2.31. The van der Waals surface area contributed by atoms with Crippen LogP contribution in [0.4, 0.5) is 5.69 Å². The van der Waals surface area contributed by atoms with Crippen molar-refractivity contribution in [2.45, 2.75) is 25.6 Å². The minimum atomic E-state index is -1.06. The van der Waals surface area contributed by atoms with Crippen LogP contribution in [-0.2, 0) is 9.53 Å². The number of carbonyl (C=O) groups excluding carboxylic acids is 1. The Morgan fingerprint density at radius 3 is 2.85 bits per heavy atom. The van der Waals surface area contributed by atoms with Gasteiger partial charge < -0.3 is 14.8 Å². The lowest BCUT2D eigenvalue weighted by Crippen LogP contribution is -2.71.